The molecule has 0 saturated carbocycles. The Morgan fingerprint density at radius 3 is 2.58 bits per heavy atom. The normalized spacial score (nSPS) is 19.2. The highest BCUT2D eigenvalue weighted by molar-refractivity contribution is 5.99. The quantitative estimate of drug-likeness (QED) is 0.711. The molecular formula is C14H12F6N4O2. The number of amides is 1. The lowest BCUT2D eigenvalue weighted by molar-refractivity contribution is -0.233. The third kappa shape index (κ3) is 3.32. The van der Waals surface area contributed by atoms with Crippen molar-refractivity contribution in [1.82, 2.24) is 19.5 Å². The van der Waals surface area contributed by atoms with Gasteiger partial charge in [0.05, 0.1) is 19.3 Å². The highest BCUT2D eigenvalue weighted by Crippen LogP contribution is 2.31. The molecule has 0 aliphatic carbocycles. The number of halogens is 6. The number of nitrogens with zero attached hydrogens (tertiary/aromatic N) is 4. The number of morpholine rings is 1. The molecule has 1 atom stereocenters. The van der Waals surface area contributed by atoms with Gasteiger partial charge in [-0.15, -0.1) is 0 Å². The number of hydrogen-bond donors (Lipinski definition) is 0. The molecule has 6 nitrogen and oxygen atoms in total. The van der Waals surface area contributed by atoms with Crippen molar-refractivity contribution >= 4 is 11.6 Å². The summed E-state index contributed by atoms with van der Waals surface area (Å²) in [5.74, 6) is -0.885. The van der Waals surface area contributed by atoms with E-state index in [0.717, 1.165) is 17.2 Å². The molecule has 12 heteroatoms. The van der Waals surface area contributed by atoms with Gasteiger partial charge in [-0.25, -0.2) is 9.50 Å². The van der Waals surface area contributed by atoms with E-state index in [1.165, 1.54) is 6.92 Å². The Morgan fingerprint density at radius 1 is 1.27 bits per heavy atom. The van der Waals surface area contributed by atoms with Crippen LogP contribution in [0.3, 0.4) is 0 Å². The topological polar surface area (TPSA) is 59.7 Å². The Balaban J connectivity index is 1.98. The van der Waals surface area contributed by atoms with Crippen molar-refractivity contribution in [2.75, 3.05) is 19.7 Å². The van der Waals surface area contributed by atoms with E-state index in [9.17, 15) is 31.1 Å². The van der Waals surface area contributed by atoms with Gasteiger partial charge in [0.2, 0.25) is 0 Å². The van der Waals surface area contributed by atoms with E-state index in [1.54, 1.807) is 0 Å². The molecule has 142 valence electrons. The molecule has 3 heterocycles. The van der Waals surface area contributed by atoms with Crippen molar-refractivity contribution in [3.05, 3.63) is 29.2 Å². The third-order valence-electron chi connectivity index (χ3n) is 3.84. The average molecular weight is 382 g/mol. The summed E-state index contributed by atoms with van der Waals surface area (Å²) in [5.41, 5.74) is -1.80. The Labute approximate surface area is 142 Å². The summed E-state index contributed by atoms with van der Waals surface area (Å²) in [5, 5.41) is 3.54. The summed E-state index contributed by atoms with van der Waals surface area (Å²) < 4.78 is 82.8. The first-order valence-corrected chi connectivity index (χ1v) is 7.38. The zero-order valence-corrected chi connectivity index (χ0v) is 13.2. The minimum absolute atomic E-state index is 0.00507. The number of alkyl halides is 6. The molecule has 1 amide bonds. The predicted octanol–water partition coefficient (Wildman–Crippen LogP) is 2.46. The van der Waals surface area contributed by atoms with Crippen molar-refractivity contribution in [3.8, 4) is 0 Å². The maximum atomic E-state index is 13.1. The third-order valence-corrected chi connectivity index (χ3v) is 3.84. The second-order valence-corrected chi connectivity index (χ2v) is 5.73. The van der Waals surface area contributed by atoms with Crippen molar-refractivity contribution in [3.63, 3.8) is 0 Å². The monoisotopic (exact) mass is 382 g/mol. The van der Waals surface area contributed by atoms with E-state index in [-0.39, 0.29) is 30.1 Å². The van der Waals surface area contributed by atoms with Gasteiger partial charge in [0.1, 0.15) is 11.3 Å². The first-order chi connectivity index (χ1) is 12.0. The summed E-state index contributed by atoms with van der Waals surface area (Å²) in [6, 6.07) is 0.767. The minimum Gasteiger partial charge on any atom is -0.365 e. The van der Waals surface area contributed by atoms with Crippen molar-refractivity contribution < 1.29 is 35.9 Å². The standard InChI is InChI=1S/C14H12F6N4O2/c1-7-4-9(13(15,16)17)24-11(22-7)8(5-21-24)12(25)23-2-3-26-10(6-23)14(18,19)20/h4-5,10H,2-3,6H2,1H3/t10-/m1/s1. The first kappa shape index (κ1) is 18.4. The fourth-order valence-corrected chi connectivity index (χ4v) is 2.64. The van der Waals surface area contributed by atoms with Crippen LogP contribution in [0.15, 0.2) is 12.3 Å². The molecule has 0 N–H and O–H groups in total. The Bertz CT molecular complexity index is 844. The maximum Gasteiger partial charge on any atom is 0.433 e. The van der Waals surface area contributed by atoms with Gasteiger partial charge >= 0.3 is 12.4 Å². The van der Waals surface area contributed by atoms with Crippen molar-refractivity contribution in [2.45, 2.75) is 25.4 Å². The molecule has 0 bridgehead atoms. The van der Waals surface area contributed by atoms with Gasteiger partial charge in [0.25, 0.3) is 5.91 Å². The molecule has 0 unspecified atom stereocenters. The fourth-order valence-electron chi connectivity index (χ4n) is 2.64. The van der Waals surface area contributed by atoms with Crippen LogP contribution >= 0.6 is 0 Å². The molecule has 1 aliphatic rings. The number of fused-ring (bicyclic) bond motifs is 1. The lowest BCUT2D eigenvalue weighted by atomic mass is 10.2. The second-order valence-electron chi connectivity index (χ2n) is 5.73. The molecule has 0 aromatic carbocycles. The summed E-state index contributed by atoms with van der Waals surface area (Å²) in [4.78, 5) is 17.3. The number of aryl methyl sites for hydroxylation is 1. The van der Waals surface area contributed by atoms with Crippen LogP contribution < -0.4 is 0 Å². The van der Waals surface area contributed by atoms with Crippen LogP contribution in [0.1, 0.15) is 21.7 Å². The van der Waals surface area contributed by atoms with Gasteiger partial charge in [0, 0.05) is 12.2 Å². The molecule has 2 aromatic heterocycles. The van der Waals surface area contributed by atoms with Gasteiger partial charge in [0.15, 0.2) is 11.8 Å². The molecule has 3 rings (SSSR count). The van der Waals surface area contributed by atoms with Crippen LogP contribution in [0.2, 0.25) is 0 Å². The lowest BCUT2D eigenvalue weighted by Gasteiger charge is -2.33. The van der Waals surface area contributed by atoms with E-state index in [2.05, 4.69) is 14.8 Å². The van der Waals surface area contributed by atoms with Crippen LogP contribution in [0, 0.1) is 6.92 Å². The van der Waals surface area contributed by atoms with E-state index in [4.69, 9.17) is 0 Å². The molecule has 26 heavy (non-hydrogen) atoms. The van der Waals surface area contributed by atoms with Gasteiger partial charge in [-0.2, -0.15) is 31.4 Å². The average Bonchev–Trinajstić information content (AvgIpc) is 2.95. The number of hydrogen-bond acceptors (Lipinski definition) is 4. The highest BCUT2D eigenvalue weighted by atomic mass is 19.4. The summed E-state index contributed by atoms with van der Waals surface area (Å²) in [7, 11) is 0. The second kappa shape index (κ2) is 6.11. The summed E-state index contributed by atoms with van der Waals surface area (Å²) in [6.07, 6.45) is -10.7. The van der Waals surface area contributed by atoms with Crippen LogP contribution in [-0.2, 0) is 10.9 Å². The smallest absolute Gasteiger partial charge is 0.365 e. The summed E-state index contributed by atoms with van der Waals surface area (Å²) >= 11 is 0. The SMILES string of the molecule is Cc1cc(C(F)(F)F)n2ncc(C(=O)N3CCO[C@@H](C(F)(F)F)C3)c2n1. The van der Waals surface area contributed by atoms with Crippen molar-refractivity contribution in [1.29, 1.82) is 0 Å². The molecule has 0 spiro atoms. The van der Waals surface area contributed by atoms with Crippen LogP contribution in [0.4, 0.5) is 26.3 Å². The largest absolute Gasteiger partial charge is 0.433 e. The maximum absolute atomic E-state index is 13.1. The minimum atomic E-state index is -4.74. The van der Waals surface area contributed by atoms with E-state index in [0.29, 0.717) is 4.52 Å². The molecule has 1 saturated heterocycles. The van der Waals surface area contributed by atoms with Gasteiger partial charge in [-0.3, -0.25) is 4.79 Å². The number of rotatable bonds is 1. The lowest BCUT2D eigenvalue weighted by Crippen LogP contribution is -2.51. The van der Waals surface area contributed by atoms with Crippen LogP contribution in [-0.4, -0.2) is 57.4 Å². The Morgan fingerprint density at radius 2 is 1.96 bits per heavy atom. The predicted molar refractivity (Wildman–Crippen MR) is 74.4 cm³/mol. The summed E-state index contributed by atoms with van der Waals surface area (Å²) in [6.45, 7) is 0.0958. The number of carbonyl (C=O) groups excluding carboxylic acids is 1. The van der Waals surface area contributed by atoms with Gasteiger partial charge in [-0.1, -0.05) is 0 Å². The van der Waals surface area contributed by atoms with E-state index < -0.39 is 36.6 Å². The number of aromatic nitrogens is 3. The fraction of sp³-hybridized carbons (Fsp3) is 0.500. The van der Waals surface area contributed by atoms with E-state index in [1.807, 2.05) is 0 Å². The molecule has 2 aromatic rings. The van der Waals surface area contributed by atoms with E-state index >= 15 is 0 Å². The number of carbonyl (C=O) groups is 1. The molecule has 1 fully saturated rings. The molecular weight excluding hydrogens is 370 g/mol. The Hall–Kier alpha value is -2.37. The zero-order chi connectivity index (χ0) is 19.3. The first-order valence-electron chi connectivity index (χ1n) is 7.38. The van der Waals surface area contributed by atoms with Gasteiger partial charge < -0.3 is 9.64 Å². The van der Waals surface area contributed by atoms with Crippen molar-refractivity contribution in [2.24, 2.45) is 0 Å². The van der Waals surface area contributed by atoms with Gasteiger partial charge in [-0.05, 0) is 13.0 Å². The van der Waals surface area contributed by atoms with Crippen LogP contribution in [0.5, 0.6) is 0 Å². The molecule has 1 aliphatic heterocycles. The molecule has 0 radical (unpaired) electrons. The highest BCUT2D eigenvalue weighted by Gasteiger charge is 2.44. The van der Waals surface area contributed by atoms with Crippen LogP contribution in [0.25, 0.3) is 5.65 Å². The zero-order valence-electron chi connectivity index (χ0n) is 13.2. The number of ether oxygens (including phenoxy) is 1. The Kier molecular flexibility index (Phi) is 4.33.